The Morgan fingerprint density at radius 1 is 1.63 bits per heavy atom. The smallest absolute Gasteiger partial charge is 0.288 e. The Hall–Kier alpha value is -1.70. The second-order valence-corrected chi connectivity index (χ2v) is 4.23. The molecule has 0 aliphatic rings. The van der Waals surface area contributed by atoms with Crippen LogP contribution >= 0.6 is 11.6 Å². The summed E-state index contributed by atoms with van der Waals surface area (Å²) < 4.78 is 4.89. The van der Waals surface area contributed by atoms with Gasteiger partial charge in [-0.3, -0.25) is 14.9 Å². The monoisotopic (exact) mass is 287 g/mol. The molecule has 1 unspecified atom stereocenters. The van der Waals surface area contributed by atoms with Gasteiger partial charge in [0.25, 0.3) is 11.6 Å². The molecule has 0 fully saturated rings. The lowest BCUT2D eigenvalue weighted by Crippen LogP contribution is -2.36. The summed E-state index contributed by atoms with van der Waals surface area (Å²) in [6, 6.07) is 2.62. The number of ether oxygens (including phenoxy) is 1. The van der Waals surface area contributed by atoms with Gasteiger partial charge in [-0.1, -0.05) is 11.6 Å². The average Bonchev–Trinajstić information content (AvgIpc) is 2.34. The molecule has 7 nitrogen and oxygen atoms in total. The van der Waals surface area contributed by atoms with E-state index in [1.54, 1.807) is 6.92 Å². The highest BCUT2D eigenvalue weighted by molar-refractivity contribution is 6.33. The second kappa shape index (κ2) is 6.46. The fraction of sp³-hybridized carbons (Fsp3) is 0.364. The van der Waals surface area contributed by atoms with Gasteiger partial charge in [0.2, 0.25) is 0 Å². The van der Waals surface area contributed by atoms with Crippen molar-refractivity contribution in [1.29, 1.82) is 0 Å². The van der Waals surface area contributed by atoms with Gasteiger partial charge in [-0.25, -0.2) is 0 Å². The number of rotatable bonds is 5. The Labute approximate surface area is 114 Å². The number of benzene rings is 1. The molecule has 19 heavy (non-hydrogen) atoms. The predicted molar refractivity (Wildman–Crippen MR) is 71.3 cm³/mol. The van der Waals surface area contributed by atoms with E-state index in [2.05, 4.69) is 5.32 Å². The number of hydrogen-bond acceptors (Lipinski definition) is 5. The molecule has 1 amide bonds. The number of nitrogens with one attached hydrogen (secondary N) is 1. The van der Waals surface area contributed by atoms with E-state index in [1.165, 1.54) is 19.2 Å². The highest BCUT2D eigenvalue weighted by Gasteiger charge is 2.19. The van der Waals surface area contributed by atoms with Gasteiger partial charge in [0, 0.05) is 25.4 Å². The minimum absolute atomic E-state index is 0.0299. The number of hydrogen-bond donors (Lipinski definition) is 2. The van der Waals surface area contributed by atoms with Crippen molar-refractivity contribution in [3.05, 3.63) is 32.8 Å². The first-order valence-electron chi connectivity index (χ1n) is 5.39. The molecule has 0 aromatic heterocycles. The first-order valence-corrected chi connectivity index (χ1v) is 5.76. The van der Waals surface area contributed by atoms with Crippen molar-refractivity contribution in [3.63, 3.8) is 0 Å². The summed E-state index contributed by atoms with van der Waals surface area (Å²) in [6.07, 6.45) is -0.784. The van der Waals surface area contributed by atoms with Crippen LogP contribution in [0.25, 0.3) is 0 Å². The summed E-state index contributed by atoms with van der Waals surface area (Å²) in [6.45, 7) is 1.66. The molecule has 3 N–H and O–H groups in total. The molecular formula is C11H14ClN3O4. The summed E-state index contributed by atoms with van der Waals surface area (Å²) in [7, 11) is 1.37. The fourth-order valence-electron chi connectivity index (χ4n) is 1.46. The van der Waals surface area contributed by atoms with Crippen LogP contribution in [0.15, 0.2) is 12.1 Å². The van der Waals surface area contributed by atoms with E-state index in [-0.39, 0.29) is 17.3 Å². The number of nitrogens with two attached hydrogens (primary N) is 1. The Morgan fingerprint density at radius 3 is 2.74 bits per heavy atom. The molecule has 0 saturated carbocycles. The number of carbonyl (C=O) groups excluding carboxylic acids is 1. The molecule has 1 rings (SSSR count). The average molecular weight is 288 g/mol. The Bertz CT molecular complexity index is 503. The van der Waals surface area contributed by atoms with Crippen molar-refractivity contribution in [1.82, 2.24) is 0 Å². The van der Waals surface area contributed by atoms with Gasteiger partial charge in [-0.05, 0) is 18.6 Å². The van der Waals surface area contributed by atoms with Crippen LogP contribution in [0.2, 0.25) is 5.02 Å². The standard InChI is InChI=1S/C11H14ClN3O4/c1-6-3-9(15(17)18)7(12)4-8(6)14-11(16)10(5-13)19-2/h3-4,10H,5,13H2,1-2H3,(H,14,16). The lowest BCUT2D eigenvalue weighted by molar-refractivity contribution is -0.384. The van der Waals surface area contributed by atoms with Gasteiger partial charge in [0.1, 0.15) is 11.1 Å². The van der Waals surface area contributed by atoms with Crippen LogP contribution in [0.1, 0.15) is 5.56 Å². The van der Waals surface area contributed by atoms with Crippen LogP contribution < -0.4 is 11.1 Å². The highest BCUT2D eigenvalue weighted by atomic mass is 35.5. The van der Waals surface area contributed by atoms with Gasteiger partial charge in [-0.2, -0.15) is 0 Å². The maximum Gasteiger partial charge on any atom is 0.288 e. The van der Waals surface area contributed by atoms with Gasteiger partial charge in [-0.15, -0.1) is 0 Å². The van der Waals surface area contributed by atoms with Crippen LogP contribution in [-0.2, 0) is 9.53 Å². The molecule has 0 radical (unpaired) electrons. The summed E-state index contributed by atoms with van der Waals surface area (Å²) in [5.41, 5.74) is 6.07. The predicted octanol–water partition coefficient (Wildman–Crippen LogP) is 1.47. The van der Waals surface area contributed by atoms with Gasteiger partial charge in [0.15, 0.2) is 0 Å². The number of aryl methyl sites for hydroxylation is 1. The van der Waals surface area contributed by atoms with Crippen LogP contribution in [0.5, 0.6) is 0 Å². The Kier molecular flexibility index (Phi) is 5.22. The van der Waals surface area contributed by atoms with Gasteiger partial charge >= 0.3 is 0 Å². The maximum atomic E-state index is 11.8. The van der Waals surface area contributed by atoms with E-state index < -0.39 is 16.9 Å². The number of amides is 1. The third-order valence-electron chi connectivity index (χ3n) is 2.54. The molecule has 0 heterocycles. The van der Waals surface area contributed by atoms with Crippen molar-refractivity contribution >= 4 is 28.9 Å². The quantitative estimate of drug-likeness (QED) is 0.630. The largest absolute Gasteiger partial charge is 0.370 e. The number of nitro groups is 1. The molecule has 1 aromatic rings. The van der Waals surface area contributed by atoms with Crippen LogP contribution in [0.4, 0.5) is 11.4 Å². The molecule has 0 bridgehead atoms. The van der Waals surface area contributed by atoms with Crippen molar-refractivity contribution < 1.29 is 14.5 Å². The van der Waals surface area contributed by atoms with Crippen molar-refractivity contribution in [2.45, 2.75) is 13.0 Å². The molecule has 0 saturated heterocycles. The number of nitro benzene ring substituents is 1. The van der Waals surface area contributed by atoms with Crippen molar-refractivity contribution in [2.75, 3.05) is 19.0 Å². The molecule has 0 aliphatic carbocycles. The molecule has 0 spiro atoms. The number of nitrogens with zero attached hydrogens (tertiary/aromatic N) is 1. The second-order valence-electron chi connectivity index (χ2n) is 3.82. The van der Waals surface area contributed by atoms with E-state index in [0.29, 0.717) is 11.3 Å². The zero-order valence-corrected chi connectivity index (χ0v) is 11.2. The number of anilines is 1. The van der Waals surface area contributed by atoms with Gasteiger partial charge < -0.3 is 15.8 Å². The summed E-state index contributed by atoms with van der Waals surface area (Å²) in [5.74, 6) is -0.432. The summed E-state index contributed by atoms with van der Waals surface area (Å²) in [4.78, 5) is 21.9. The maximum absolute atomic E-state index is 11.8. The van der Waals surface area contributed by atoms with Gasteiger partial charge in [0.05, 0.1) is 4.92 Å². The highest BCUT2D eigenvalue weighted by Crippen LogP contribution is 2.30. The molecule has 0 aliphatic heterocycles. The zero-order chi connectivity index (χ0) is 14.6. The summed E-state index contributed by atoms with van der Waals surface area (Å²) >= 11 is 5.78. The van der Waals surface area contributed by atoms with Crippen LogP contribution in [-0.4, -0.2) is 30.6 Å². The van der Waals surface area contributed by atoms with E-state index in [1.807, 2.05) is 0 Å². The lowest BCUT2D eigenvalue weighted by Gasteiger charge is -2.14. The van der Waals surface area contributed by atoms with E-state index >= 15 is 0 Å². The number of halogens is 1. The number of carbonyl (C=O) groups is 1. The molecule has 8 heteroatoms. The van der Waals surface area contributed by atoms with Crippen LogP contribution in [0.3, 0.4) is 0 Å². The number of methoxy groups -OCH3 is 1. The van der Waals surface area contributed by atoms with Crippen molar-refractivity contribution in [3.8, 4) is 0 Å². The third kappa shape index (κ3) is 3.63. The molecule has 1 atom stereocenters. The first kappa shape index (κ1) is 15.4. The van der Waals surface area contributed by atoms with E-state index in [9.17, 15) is 14.9 Å². The molecule has 1 aromatic carbocycles. The molecular weight excluding hydrogens is 274 g/mol. The minimum atomic E-state index is -0.784. The van der Waals surface area contributed by atoms with Crippen molar-refractivity contribution in [2.24, 2.45) is 5.73 Å². The van der Waals surface area contributed by atoms with E-state index in [0.717, 1.165) is 0 Å². The topological polar surface area (TPSA) is 107 Å². The Morgan fingerprint density at radius 2 is 2.26 bits per heavy atom. The first-order chi connectivity index (χ1) is 8.90. The normalized spacial score (nSPS) is 12.0. The summed E-state index contributed by atoms with van der Waals surface area (Å²) in [5, 5.41) is 13.2. The Balaban J connectivity index is 3.00. The zero-order valence-electron chi connectivity index (χ0n) is 10.5. The SMILES string of the molecule is COC(CN)C(=O)Nc1cc(Cl)c([N+](=O)[O-])cc1C. The minimum Gasteiger partial charge on any atom is -0.370 e. The van der Waals surface area contributed by atoms with E-state index in [4.69, 9.17) is 22.1 Å². The van der Waals surface area contributed by atoms with Crippen LogP contribution in [0, 0.1) is 17.0 Å². The molecule has 104 valence electrons. The third-order valence-corrected chi connectivity index (χ3v) is 2.84. The lowest BCUT2D eigenvalue weighted by atomic mass is 10.1. The fourth-order valence-corrected chi connectivity index (χ4v) is 1.70.